The second kappa shape index (κ2) is 8.44. The van der Waals surface area contributed by atoms with Gasteiger partial charge in [0.05, 0.1) is 12.2 Å². The molecule has 1 aromatic heterocycles. The molecule has 3 N–H and O–H groups in total. The molecule has 1 heterocycles. The lowest BCUT2D eigenvalue weighted by molar-refractivity contribution is 0.0944. The van der Waals surface area contributed by atoms with Gasteiger partial charge in [0.15, 0.2) is 0 Å². The molecule has 1 amide bonds. The first-order valence-electron chi connectivity index (χ1n) is 6.39. The van der Waals surface area contributed by atoms with Gasteiger partial charge in [-0.3, -0.25) is 4.79 Å². The second-order valence-electron chi connectivity index (χ2n) is 4.23. The largest absolute Gasteiger partial charge is 0.384 e. The Balaban J connectivity index is 2.21. The van der Waals surface area contributed by atoms with E-state index in [0.29, 0.717) is 24.5 Å². The van der Waals surface area contributed by atoms with Crippen molar-refractivity contribution in [2.75, 3.05) is 45.6 Å². The summed E-state index contributed by atoms with van der Waals surface area (Å²) in [7, 11) is 2.00. The van der Waals surface area contributed by atoms with Crippen molar-refractivity contribution in [1.29, 1.82) is 0 Å². The number of likely N-dealkylation sites (N-methyl/N-ethyl adjacent to an activating group) is 1. The highest BCUT2D eigenvalue weighted by Crippen LogP contribution is 2.00. The van der Waals surface area contributed by atoms with Crippen molar-refractivity contribution < 1.29 is 9.53 Å². The number of hydrogen-bond donors (Lipinski definition) is 2. The Morgan fingerprint density at radius 3 is 2.89 bits per heavy atom. The number of amides is 1. The lowest BCUT2D eigenvalue weighted by atomic mass is 10.2. The Morgan fingerprint density at radius 1 is 1.47 bits per heavy atom. The molecule has 1 aromatic rings. The Hall–Kier alpha value is -1.66. The smallest absolute Gasteiger partial charge is 0.252 e. The lowest BCUT2D eigenvalue weighted by Crippen LogP contribution is -2.34. The van der Waals surface area contributed by atoms with Crippen molar-refractivity contribution in [3.8, 4) is 0 Å². The molecule has 0 aliphatic rings. The highest BCUT2D eigenvalue weighted by atomic mass is 16.5. The van der Waals surface area contributed by atoms with Gasteiger partial charge in [-0.1, -0.05) is 0 Å². The zero-order valence-electron chi connectivity index (χ0n) is 11.6. The van der Waals surface area contributed by atoms with E-state index in [1.807, 2.05) is 14.0 Å². The topological polar surface area (TPSA) is 80.5 Å². The summed E-state index contributed by atoms with van der Waals surface area (Å²) >= 11 is 0. The second-order valence-corrected chi connectivity index (χ2v) is 4.23. The molecule has 0 atom stereocenters. The van der Waals surface area contributed by atoms with Crippen LogP contribution in [0.5, 0.6) is 0 Å². The van der Waals surface area contributed by atoms with Gasteiger partial charge < -0.3 is 20.7 Å². The fraction of sp³-hybridized carbons (Fsp3) is 0.538. The minimum atomic E-state index is -0.134. The molecule has 0 unspecified atom stereocenters. The van der Waals surface area contributed by atoms with Crippen molar-refractivity contribution in [2.24, 2.45) is 0 Å². The normalized spacial score (nSPS) is 10.7. The average molecular weight is 266 g/mol. The Kier molecular flexibility index (Phi) is 6.84. The van der Waals surface area contributed by atoms with E-state index in [0.717, 1.165) is 19.7 Å². The number of nitrogens with one attached hydrogen (secondary N) is 1. The molecule has 0 fully saturated rings. The Bertz CT molecular complexity index is 381. The zero-order chi connectivity index (χ0) is 14.1. The van der Waals surface area contributed by atoms with Crippen LogP contribution in [0.25, 0.3) is 0 Å². The van der Waals surface area contributed by atoms with E-state index in [9.17, 15) is 4.79 Å². The van der Waals surface area contributed by atoms with E-state index in [-0.39, 0.29) is 5.91 Å². The Morgan fingerprint density at radius 2 is 2.26 bits per heavy atom. The predicted octanol–water partition coefficient (Wildman–Crippen LogP) is 0.362. The van der Waals surface area contributed by atoms with Gasteiger partial charge in [-0.05, 0) is 26.1 Å². The number of nitrogens with zero attached hydrogens (tertiary/aromatic N) is 2. The summed E-state index contributed by atoms with van der Waals surface area (Å²) in [5.41, 5.74) is 5.98. The molecule has 0 aliphatic heterocycles. The van der Waals surface area contributed by atoms with Crippen molar-refractivity contribution in [1.82, 2.24) is 15.2 Å². The van der Waals surface area contributed by atoms with Crippen molar-refractivity contribution in [3.05, 3.63) is 23.9 Å². The SMILES string of the molecule is CCOCCN(C)CCNC(=O)c1ccc(N)nc1. The molecule has 19 heavy (non-hydrogen) atoms. The molecule has 106 valence electrons. The maximum atomic E-state index is 11.8. The van der Waals surface area contributed by atoms with Gasteiger partial charge in [0, 0.05) is 32.4 Å². The van der Waals surface area contributed by atoms with E-state index in [1.165, 1.54) is 6.20 Å². The molecule has 0 saturated carbocycles. The molecule has 0 saturated heterocycles. The summed E-state index contributed by atoms with van der Waals surface area (Å²) in [6.07, 6.45) is 1.48. The average Bonchev–Trinajstić information content (AvgIpc) is 2.39. The van der Waals surface area contributed by atoms with Crippen LogP contribution in [0.4, 0.5) is 5.82 Å². The highest BCUT2D eigenvalue weighted by Gasteiger charge is 2.05. The number of carbonyl (C=O) groups excluding carboxylic acids is 1. The third-order valence-electron chi connectivity index (χ3n) is 2.65. The standard InChI is InChI=1S/C13H22N4O2/c1-3-19-9-8-17(2)7-6-15-13(18)11-4-5-12(14)16-10-11/h4-5,10H,3,6-9H2,1-2H3,(H2,14,16)(H,15,18). The third-order valence-corrected chi connectivity index (χ3v) is 2.65. The first-order chi connectivity index (χ1) is 9.13. The summed E-state index contributed by atoms with van der Waals surface area (Å²) in [5.74, 6) is 0.276. The van der Waals surface area contributed by atoms with Crippen LogP contribution in [0.1, 0.15) is 17.3 Å². The number of nitrogen functional groups attached to an aromatic ring is 1. The van der Waals surface area contributed by atoms with Gasteiger partial charge >= 0.3 is 0 Å². The molecule has 0 radical (unpaired) electrons. The molecular formula is C13H22N4O2. The van der Waals surface area contributed by atoms with E-state index in [2.05, 4.69) is 15.2 Å². The van der Waals surface area contributed by atoms with E-state index in [4.69, 9.17) is 10.5 Å². The number of ether oxygens (including phenoxy) is 1. The van der Waals surface area contributed by atoms with Gasteiger partial charge in [0.2, 0.25) is 0 Å². The van der Waals surface area contributed by atoms with Gasteiger partial charge in [-0.2, -0.15) is 0 Å². The summed E-state index contributed by atoms with van der Waals surface area (Å²) in [6, 6.07) is 3.28. The molecule has 0 bridgehead atoms. The summed E-state index contributed by atoms with van der Waals surface area (Å²) in [6.45, 7) is 5.64. The molecule has 6 heteroatoms. The molecular weight excluding hydrogens is 244 g/mol. The van der Waals surface area contributed by atoms with Crippen LogP contribution in [0.15, 0.2) is 18.3 Å². The van der Waals surface area contributed by atoms with Gasteiger partial charge in [0.1, 0.15) is 5.82 Å². The summed E-state index contributed by atoms with van der Waals surface area (Å²) in [5, 5.41) is 2.84. The van der Waals surface area contributed by atoms with Gasteiger partial charge in [-0.15, -0.1) is 0 Å². The van der Waals surface area contributed by atoms with E-state index < -0.39 is 0 Å². The van der Waals surface area contributed by atoms with Crippen LogP contribution in [0, 0.1) is 0 Å². The first kappa shape index (κ1) is 15.4. The molecule has 0 spiro atoms. The number of carbonyl (C=O) groups is 1. The van der Waals surface area contributed by atoms with Crippen LogP contribution in [0.3, 0.4) is 0 Å². The molecule has 0 aliphatic carbocycles. The highest BCUT2D eigenvalue weighted by molar-refractivity contribution is 5.93. The molecule has 1 rings (SSSR count). The van der Waals surface area contributed by atoms with Crippen LogP contribution in [0.2, 0.25) is 0 Å². The third kappa shape index (κ3) is 6.17. The summed E-state index contributed by atoms with van der Waals surface area (Å²) < 4.78 is 5.26. The van der Waals surface area contributed by atoms with E-state index >= 15 is 0 Å². The van der Waals surface area contributed by atoms with Crippen molar-refractivity contribution >= 4 is 11.7 Å². The van der Waals surface area contributed by atoms with E-state index in [1.54, 1.807) is 12.1 Å². The maximum Gasteiger partial charge on any atom is 0.252 e. The minimum absolute atomic E-state index is 0.134. The van der Waals surface area contributed by atoms with Crippen LogP contribution in [-0.4, -0.2) is 55.7 Å². The number of nitrogens with two attached hydrogens (primary N) is 1. The maximum absolute atomic E-state index is 11.8. The first-order valence-corrected chi connectivity index (χ1v) is 6.39. The van der Waals surface area contributed by atoms with Crippen LogP contribution < -0.4 is 11.1 Å². The quantitative estimate of drug-likeness (QED) is 0.664. The number of aromatic nitrogens is 1. The lowest BCUT2D eigenvalue weighted by Gasteiger charge is -2.16. The van der Waals surface area contributed by atoms with Gasteiger partial charge in [0.25, 0.3) is 5.91 Å². The van der Waals surface area contributed by atoms with Crippen molar-refractivity contribution in [3.63, 3.8) is 0 Å². The molecule has 0 aromatic carbocycles. The number of pyridine rings is 1. The number of hydrogen-bond acceptors (Lipinski definition) is 5. The molecule has 6 nitrogen and oxygen atoms in total. The predicted molar refractivity (Wildman–Crippen MR) is 75.0 cm³/mol. The van der Waals surface area contributed by atoms with Crippen LogP contribution >= 0.6 is 0 Å². The monoisotopic (exact) mass is 266 g/mol. The fourth-order valence-corrected chi connectivity index (χ4v) is 1.48. The summed E-state index contributed by atoms with van der Waals surface area (Å²) in [4.78, 5) is 17.8. The minimum Gasteiger partial charge on any atom is -0.384 e. The number of anilines is 1. The van der Waals surface area contributed by atoms with Crippen molar-refractivity contribution in [2.45, 2.75) is 6.92 Å². The zero-order valence-corrected chi connectivity index (χ0v) is 11.6. The number of rotatable bonds is 8. The van der Waals surface area contributed by atoms with Crippen LogP contribution in [-0.2, 0) is 4.74 Å². The Labute approximate surface area is 113 Å². The fourth-order valence-electron chi connectivity index (χ4n) is 1.48. The van der Waals surface area contributed by atoms with Gasteiger partial charge in [-0.25, -0.2) is 4.98 Å².